The fourth-order valence-corrected chi connectivity index (χ4v) is 3.53. The van der Waals surface area contributed by atoms with Crippen LogP contribution in [0, 0.1) is 6.92 Å². The van der Waals surface area contributed by atoms with Gasteiger partial charge in [-0.3, -0.25) is 14.4 Å². The number of phenols is 1. The van der Waals surface area contributed by atoms with E-state index in [1.807, 2.05) is 30.5 Å². The van der Waals surface area contributed by atoms with Crippen LogP contribution in [0.3, 0.4) is 0 Å². The van der Waals surface area contributed by atoms with Gasteiger partial charge in [-0.15, -0.1) is 10.2 Å². The van der Waals surface area contributed by atoms with Gasteiger partial charge in [-0.05, 0) is 43.7 Å². The molecule has 148 valence electrons. The number of amides is 1. The Hall–Kier alpha value is -3.19. The Morgan fingerprint density at radius 1 is 1.21 bits per heavy atom. The van der Waals surface area contributed by atoms with E-state index >= 15 is 0 Å². The third kappa shape index (κ3) is 3.61. The van der Waals surface area contributed by atoms with Gasteiger partial charge in [-0.2, -0.15) is 0 Å². The van der Waals surface area contributed by atoms with E-state index in [0.29, 0.717) is 34.4 Å². The number of phenolic OH excluding ortho intramolecular Hbond substituents is 1. The third-order valence-electron chi connectivity index (χ3n) is 4.72. The number of nitrogens with one attached hydrogen (secondary N) is 1. The van der Waals surface area contributed by atoms with Crippen molar-refractivity contribution in [3.8, 4) is 11.4 Å². The van der Waals surface area contributed by atoms with E-state index in [1.165, 1.54) is 0 Å². The molecule has 1 amide bonds. The summed E-state index contributed by atoms with van der Waals surface area (Å²) >= 11 is 6.06. The second-order valence-electron chi connectivity index (χ2n) is 6.85. The van der Waals surface area contributed by atoms with Crippen LogP contribution in [0.5, 0.6) is 5.75 Å². The number of carbonyl (C=O) groups excluding carboxylic acids is 1. The molecule has 0 radical (unpaired) electrons. The third-order valence-corrected chi connectivity index (χ3v) is 4.97. The van der Waals surface area contributed by atoms with Gasteiger partial charge < -0.3 is 10.4 Å². The van der Waals surface area contributed by atoms with E-state index in [4.69, 9.17) is 16.6 Å². The molecule has 0 fully saturated rings. The minimum absolute atomic E-state index is 0.113. The average molecular weight is 410 g/mol. The molecule has 4 rings (SSSR count). The normalized spacial score (nSPS) is 15.1. The van der Waals surface area contributed by atoms with E-state index in [-0.39, 0.29) is 11.7 Å². The number of halogens is 1. The summed E-state index contributed by atoms with van der Waals surface area (Å²) < 4.78 is 1.86. The highest BCUT2D eigenvalue weighted by Crippen LogP contribution is 2.32. The number of hydrogen-bond acceptors (Lipinski definition) is 5. The highest BCUT2D eigenvalue weighted by atomic mass is 35.5. The standard InChI is InChI=1S/C21H20ClN5O2/c1-3-4-18(29)23-20-21-26-25-12(2)27(21)17-10-9-15(28)11-16(17)19(24-20)13-5-7-14(22)8-6-13/h5-11,20,28H,3-4H2,1-2H3,(H,23,29)/t20-/m1/s1. The Labute approximate surface area is 173 Å². The minimum atomic E-state index is -0.713. The van der Waals surface area contributed by atoms with Crippen LogP contribution in [-0.2, 0) is 4.79 Å². The molecule has 3 aromatic rings. The van der Waals surface area contributed by atoms with E-state index in [9.17, 15) is 9.90 Å². The second-order valence-corrected chi connectivity index (χ2v) is 7.28. The van der Waals surface area contributed by atoms with Crippen molar-refractivity contribution in [3.63, 3.8) is 0 Å². The molecule has 1 atom stereocenters. The molecule has 7 nitrogen and oxygen atoms in total. The second kappa shape index (κ2) is 7.67. The molecule has 8 heteroatoms. The zero-order chi connectivity index (χ0) is 20.5. The first-order chi connectivity index (χ1) is 14.0. The fraction of sp³-hybridized carbons (Fsp3) is 0.238. The molecule has 1 aromatic heterocycles. The van der Waals surface area contributed by atoms with Crippen LogP contribution in [0.15, 0.2) is 47.5 Å². The highest BCUT2D eigenvalue weighted by molar-refractivity contribution is 6.30. The van der Waals surface area contributed by atoms with Crippen LogP contribution in [-0.4, -0.2) is 31.5 Å². The molecule has 0 aliphatic carbocycles. The summed E-state index contributed by atoms with van der Waals surface area (Å²) in [6.07, 6.45) is 0.408. The lowest BCUT2D eigenvalue weighted by Gasteiger charge is -2.14. The number of hydrogen-bond donors (Lipinski definition) is 2. The first-order valence-electron chi connectivity index (χ1n) is 9.36. The number of aromatic hydroxyl groups is 1. The lowest BCUT2D eigenvalue weighted by molar-refractivity contribution is -0.121. The number of nitrogens with zero attached hydrogens (tertiary/aromatic N) is 4. The van der Waals surface area contributed by atoms with Crippen molar-refractivity contribution < 1.29 is 9.90 Å². The molecule has 1 aliphatic rings. The molecule has 0 bridgehead atoms. The Balaban J connectivity index is 1.95. The molecule has 0 spiro atoms. The number of aryl methyl sites for hydroxylation is 1. The molecule has 29 heavy (non-hydrogen) atoms. The van der Waals surface area contributed by atoms with Gasteiger partial charge in [0.2, 0.25) is 5.91 Å². The van der Waals surface area contributed by atoms with Crippen molar-refractivity contribution in [3.05, 3.63) is 70.3 Å². The van der Waals surface area contributed by atoms with Crippen LogP contribution in [0.4, 0.5) is 0 Å². The molecule has 1 aliphatic heterocycles. The molecule has 0 saturated heterocycles. The smallest absolute Gasteiger partial charge is 0.221 e. The van der Waals surface area contributed by atoms with Crippen molar-refractivity contribution in [2.75, 3.05) is 0 Å². The maximum absolute atomic E-state index is 12.4. The Morgan fingerprint density at radius 3 is 2.69 bits per heavy atom. The van der Waals surface area contributed by atoms with E-state index in [1.54, 1.807) is 30.3 Å². The molecule has 2 N–H and O–H groups in total. The van der Waals surface area contributed by atoms with Crippen LogP contribution < -0.4 is 5.32 Å². The zero-order valence-electron chi connectivity index (χ0n) is 16.1. The molecular weight excluding hydrogens is 390 g/mol. The van der Waals surface area contributed by atoms with Crippen LogP contribution in [0.1, 0.15) is 48.7 Å². The van der Waals surface area contributed by atoms with Gasteiger partial charge in [0.25, 0.3) is 0 Å². The molecule has 0 saturated carbocycles. The van der Waals surface area contributed by atoms with E-state index in [2.05, 4.69) is 15.5 Å². The predicted molar refractivity (Wildman–Crippen MR) is 111 cm³/mol. The predicted octanol–water partition coefficient (Wildman–Crippen LogP) is 3.70. The maximum atomic E-state index is 12.4. The number of fused-ring (bicyclic) bond motifs is 3. The first-order valence-corrected chi connectivity index (χ1v) is 9.74. The van der Waals surface area contributed by atoms with Crippen LogP contribution >= 0.6 is 11.6 Å². The summed E-state index contributed by atoms with van der Waals surface area (Å²) in [6.45, 7) is 3.78. The summed E-state index contributed by atoms with van der Waals surface area (Å²) in [5, 5.41) is 22.2. The van der Waals surface area contributed by atoms with Crippen molar-refractivity contribution in [2.24, 2.45) is 4.99 Å². The van der Waals surface area contributed by atoms with Gasteiger partial charge in [0.05, 0.1) is 11.4 Å². The van der Waals surface area contributed by atoms with Gasteiger partial charge in [0, 0.05) is 22.6 Å². The number of aliphatic imine (C=N–C) groups is 1. The lowest BCUT2D eigenvalue weighted by atomic mass is 10.00. The van der Waals surface area contributed by atoms with Crippen molar-refractivity contribution in [1.29, 1.82) is 0 Å². The van der Waals surface area contributed by atoms with Crippen molar-refractivity contribution >= 4 is 23.2 Å². The molecular formula is C21H20ClN5O2. The molecule has 0 unspecified atom stereocenters. The van der Waals surface area contributed by atoms with Crippen molar-refractivity contribution in [2.45, 2.75) is 32.9 Å². The van der Waals surface area contributed by atoms with Gasteiger partial charge in [0.15, 0.2) is 12.0 Å². The van der Waals surface area contributed by atoms with Crippen LogP contribution in [0.25, 0.3) is 5.69 Å². The topological polar surface area (TPSA) is 92.4 Å². The fourth-order valence-electron chi connectivity index (χ4n) is 3.40. The molecule has 2 heterocycles. The Morgan fingerprint density at radius 2 is 1.97 bits per heavy atom. The average Bonchev–Trinajstić information content (AvgIpc) is 3.01. The summed E-state index contributed by atoms with van der Waals surface area (Å²) in [7, 11) is 0. The summed E-state index contributed by atoms with van der Waals surface area (Å²) in [4.78, 5) is 17.2. The highest BCUT2D eigenvalue weighted by Gasteiger charge is 2.29. The molecule has 2 aromatic carbocycles. The van der Waals surface area contributed by atoms with Gasteiger partial charge in [0.1, 0.15) is 11.6 Å². The lowest BCUT2D eigenvalue weighted by Crippen LogP contribution is -2.29. The van der Waals surface area contributed by atoms with Crippen LogP contribution in [0.2, 0.25) is 5.02 Å². The summed E-state index contributed by atoms with van der Waals surface area (Å²) in [5.41, 5.74) is 2.93. The zero-order valence-corrected chi connectivity index (χ0v) is 16.8. The first kappa shape index (κ1) is 19.1. The summed E-state index contributed by atoms with van der Waals surface area (Å²) in [6, 6.07) is 12.3. The van der Waals surface area contributed by atoms with Gasteiger partial charge in [-0.1, -0.05) is 30.7 Å². The number of benzene rings is 2. The van der Waals surface area contributed by atoms with Gasteiger partial charge >= 0.3 is 0 Å². The summed E-state index contributed by atoms with van der Waals surface area (Å²) in [5.74, 6) is 1.18. The van der Waals surface area contributed by atoms with Gasteiger partial charge in [-0.25, -0.2) is 0 Å². The minimum Gasteiger partial charge on any atom is -0.508 e. The number of aromatic nitrogens is 3. The SMILES string of the molecule is CCCC(=O)N[C@@H]1N=C(c2ccc(Cl)cc2)c2cc(O)ccc2-n2c(C)nnc21. The Kier molecular flexibility index (Phi) is 5.07. The quantitative estimate of drug-likeness (QED) is 0.687. The number of rotatable bonds is 4. The maximum Gasteiger partial charge on any atom is 0.221 e. The largest absolute Gasteiger partial charge is 0.508 e. The number of carbonyl (C=O) groups is 1. The Bertz CT molecular complexity index is 1100. The van der Waals surface area contributed by atoms with E-state index in [0.717, 1.165) is 17.7 Å². The van der Waals surface area contributed by atoms with Crippen molar-refractivity contribution in [1.82, 2.24) is 20.1 Å². The van der Waals surface area contributed by atoms with E-state index < -0.39 is 6.17 Å². The monoisotopic (exact) mass is 409 g/mol.